The van der Waals surface area contributed by atoms with Gasteiger partial charge in [0, 0.05) is 19.6 Å². The van der Waals surface area contributed by atoms with Crippen molar-refractivity contribution in [2.45, 2.75) is 26.2 Å². The predicted octanol–water partition coefficient (Wildman–Crippen LogP) is 0.643. The number of nitrogens with one attached hydrogen (secondary N) is 1. The van der Waals surface area contributed by atoms with Crippen molar-refractivity contribution in [2.24, 2.45) is 16.6 Å². The summed E-state index contributed by atoms with van der Waals surface area (Å²) < 4.78 is 0. The highest BCUT2D eigenvalue weighted by Gasteiger charge is 2.16. The van der Waals surface area contributed by atoms with Gasteiger partial charge in [-0.05, 0) is 38.8 Å². The number of piperidine rings is 1. The van der Waals surface area contributed by atoms with Crippen LogP contribution in [0.3, 0.4) is 0 Å². The van der Waals surface area contributed by atoms with Gasteiger partial charge in [-0.2, -0.15) is 0 Å². The molecule has 1 aliphatic rings. The van der Waals surface area contributed by atoms with Gasteiger partial charge in [-0.1, -0.05) is 6.92 Å². The summed E-state index contributed by atoms with van der Waals surface area (Å²) in [4.78, 5) is 6.75. The van der Waals surface area contributed by atoms with Gasteiger partial charge < -0.3 is 16.0 Å². The smallest absolute Gasteiger partial charge is 0.188 e. The largest absolute Gasteiger partial charge is 0.370 e. The average Bonchev–Trinajstić information content (AvgIpc) is 2.23. The predicted molar refractivity (Wildman–Crippen MR) is 65.0 cm³/mol. The van der Waals surface area contributed by atoms with Crippen LogP contribution in [0.5, 0.6) is 0 Å². The van der Waals surface area contributed by atoms with Crippen molar-refractivity contribution in [3.8, 4) is 0 Å². The van der Waals surface area contributed by atoms with E-state index >= 15 is 0 Å². The molecule has 15 heavy (non-hydrogen) atoms. The highest BCUT2D eigenvalue weighted by Crippen LogP contribution is 2.14. The van der Waals surface area contributed by atoms with Gasteiger partial charge in [0.2, 0.25) is 0 Å². The maximum atomic E-state index is 5.74. The number of hydrogen-bond acceptors (Lipinski definition) is 2. The summed E-state index contributed by atoms with van der Waals surface area (Å²) in [5, 5.41) is 3.10. The fourth-order valence-corrected chi connectivity index (χ4v) is 1.96. The minimum absolute atomic E-state index is 0.602. The zero-order valence-electron chi connectivity index (χ0n) is 10.00. The van der Waals surface area contributed by atoms with Gasteiger partial charge in [0.1, 0.15) is 0 Å². The lowest BCUT2D eigenvalue weighted by Gasteiger charge is -2.28. The molecule has 1 fully saturated rings. The molecule has 1 aliphatic heterocycles. The zero-order valence-corrected chi connectivity index (χ0v) is 10.00. The van der Waals surface area contributed by atoms with Crippen LogP contribution in [0.25, 0.3) is 0 Å². The Labute approximate surface area is 92.9 Å². The molecule has 0 saturated carbocycles. The molecule has 0 aromatic rings. The summed E-state index contributed by atoms with van der Waals surface area (Å²) in [5.74, 6) is 1.29. The van der Waals surface area contributed by atoms with Gasteiger partial charge in [-0.3, -0.25) is 4.99 Å². The van der Waals surface area contributed by atoms with Crippen LogP contribution in [0.4, 0.5) is 0 Å². The van der Waals surface area contributed by atoms with E-state index in [9.17, 15) is 0 Å². The van der Waals surface area contributed by atoms with Gasteiger partial charge in [-0.25, -0.2) is 0 Å². The van der Waals surface area contributed by atoms with Gasteiger partial charge in [0.05, 0.1) is 0 Å². The standard InChI is InChI=1S/C11H24N4/c1-3-6-13-11(12)14-8-10-5-4-7-15(2)9-10/h10H,3-9H2,1-2H3,(H3,12,13,14). The lowest BCUT2D eigenvalue weighted by molar-refractivity contribution is 0.214. The Morgan fingerprint density at radius 2 is 2.40 bits per heavy atom. The highest BCUT2D eigenvalue weighted by atomic mass is 15.1. The third-order valence-corrected chi connectivity index (χ3v) is 2.80. The Balaban J connectivity index is 2.22. The van der Waals surface area contributed by atoms with Crippen molar-refractivity contribution < 1.29 is 0 Å². The first kappa shape index (κ1) is 12.3. The van der Waals surface area contributed by atoms with Crippen molar-refractivity contribution in [1.29, 1.82) is 0 Å². The molecule has 88 valence electrons. The van der Waals surface area contributed by atoms with Crippen LogP contribution in [0.15, 0.2) is 4.99 Å². The van der Waals surface area contributed by atoms with Gasteiger partial charge in [0.25, 0.3) is 0 Å². The number of guanidine groups is 1. The molecular weight excluding hydrogens is 188 g/mol. The Hall–Kier alpha value is -0.770. The normalized spacial score (nSPS) is 24.1. The fraction of sp³-hybridized carbons (Fsp3) is 0.909. The molecule has 3 N–H and O–H groups in total. The minimum atomic E-state index is 0.602. The topological polar surface area (TPSA) is 53.6 Å². The minimum Gasteiger partial charge on any atom is -0.370 e. The summed E-state index contributed by atoms with van der Waals surface area (Å²) >= 11 is 0. The van der Waals surface area contributed by atoms with E-state index in [1.165, 1.54) is 19.4 Å². The second-order valence-corrected chi connectivity index (χ2v) is 4.42. The number of nitrogens with zero attached hydrogens (tertiary/aromatic N) is 2. The zero-order chi connectivity index (χ0) is 11.1. The molecule has 1 atom stereocenters. The molecule has 0 aromatic carbocycles. The molecule has 4 nitrogen and oxygen atoms in total. The maximum Gasteiger partial charge on any atom is 0.188 e. The number of rotatable bonds is 4. The van der Waals surface area contributed by atoms with Crippen molar-refractivity contribution in [2.75, 3.05) is 33.2 Å². The first-order valence-corrected chi connectivity index (χ1v) is 5.94. The Kier molecular flexibility index (Phi) is 5.47. The Morgan fingerprint density at radius 1 is 1.60 bits per heavy atom. The van der Waals surface area contributed by atoms with Gasteiger partial charge in [-0.15, -0.1) is 0 Å². The third-order valence-electron chi connectivity index (χ3n) is 2.80. The van der Waals surface area contributed by atoms with Crippen LogP contribution in [0, 0.1) is 5.92 Å². The van der Waals surface area contributed by atoms with Crippen LogP contribution in [0.1, 0.15) is 26.2 Å². The lowest BCUT2D eigenvalue weighted by Crippen LogP contribution is -2.36. The summed E-state index contributed by atoms with van der Waals surface area (Å²) in [6.07, 6.45) is 3.66. The van der Waals surface area contributed by atoms with Crippen LogP contribution in [-0.4, -0.2) is 44.1 Å². The van der Waals surface area contributed by atoms with E-state index in [0.29, 0.717) is 11.9 Å². The van der Waals surface area contributed by atoms with E-state index in [1.807, 2.05) is 0 Å². The van der Waals surface area contributed by atoms with E-state index in [2.05, 4.69) is 29.2 Å². The van der Waals surface area contributed by atoms with Gasteiger partial charge >= 0.3 is 0 Å². The summed E-state index contributed by atoms with van der Waals surface area (Å²) in [6.45, 7) is 6.29. The third kappa shape index (κ3) is 5.02. The highest BCUT2D eigenvalue weighted by molar-refractivity contribution is 5.77. The molecule has 0 aromatic heterocycles. The van der Waals surface area contributed by atoms with Crippen molar-refractivity contribution in [3.05, 3.63) is 0 Å². The SMILES string of the molecule is CCCNC(N)=NCC1CCCN(C)C1. The lowest BCUT2D eigenvalue weighted by atomic mass is 9.99. The van der Waals surface area contributed by atoms with E-state index in [4.69, 9.17) is 5.73 Å². The Bertz CT molecular complexity index is 203. The second-order valence-electron chi connectivity index (χ2n) is 4.42. The van der Waals surface area contributed by atoms with Crippen LogP contribution in [0.2, 0.25) is 0 Å². The number of likely N-dealkylation sites (tertiary alicyclic amines) is 1. The van der Waals surface area contributed by atoms with E-state index in [-0.39, 0.29) is 0 Å². The molecule has 1 saturated heterocycles. The monoisotopic (exact) mass is 212 g/mol. The van der Waals surface area contributed by atoms with Crippen molar-refractivity contribution >= 4 is 5.96 Å². The molecule has 1 heterocycles. The van der Waals surface area contributed by atoms with Crippen LogP contribution >= 0.6 is 0 Å². The van der Waals surface area contributed by atoms with Gasteiger partial charge in [0.15, 0.2) is 5.96 Å². The number of nitrogens with two attached hydrogens (primary N) is 1. The molecule has 4 heteroatoms. The maximum absolute atomic E-state index is 5.74. The van der Waals surface area contributed by atoms with Crippen LogP contribution < -0.4 is 11.1 Å². The molecule has 0 spiro atoms. The Morgan fingerprint density at radius 3 is 3.07 bits per heavy atom. The fourth-order valence-electron chi connectivity index (χ4n) is 1.96. The quantitative estimate of drug-likeness (QED) is 0.531. The second kappa shape index (κ2) is 6.67. The first-order chi connectivity index (χ1) is 7.22. The van der Waals surface area contributed by atoms with E-state index in [0.717, 1.165) is 26.1 Å². The molecule has 1 unspecified atom stereocenters. The summed E-state index contributed by atoms with van der Waals surface area (Å²) in [6, 6.07) is 0. The summed E-state index contributed by atoms with van der Waals surface area (Å²) in [5.41, 5.74) is 5.74. The molecular formula is C11H24N4. The van der Waals surface area contributed by atoms with Crippen molar-refractivity contribution in [1.82, 2.24) is 10.2 Å². The molecule has 0 amide bonds. The van der Waals surface area contributed by atoms with E-state index in [1.54, 1.807) is 0 Å². The molecule has 0 bridgehead atoms. The number of aliphatic imine (C=N–C) groups is 1. The van der Waals surface area contributed by atoms with Crippen LogP contribution in [-0.2, 0) is 0 Å². The number of hydrogen-bond donors (Lipinski definition) is 2. The van der Waals surface area contributed by atoms with E-state index < -0.39 is 0 Å². The summed E-state index contributed by atoms with van der Waals surface area (Å²) in [7, 11) is 2.18. The average molecular weight is 212 g/mol. The molecule has 0 aliphatic carbocycles. The molecule has 0 radical (unpaired) electrons. The molecule has 1 rings (SSSR count). The van der Waals surface area contributed by atoms with Crippen molar-refractivity contribution in [3.63, 3.8) is 0 Å². The first-order valence-electron chi connectivity index (χ1n) is 5.94.